The predicted octanol–water partition coefficient (Wildman–Crippen LogP) is 1.17. The molecule has 25 heavy (non-hydrogen) atoms. The van der Waals surface area contributed by atoms with Gasteiger partial charge in [0.15, 0.2) is 0 Å². The lowest BCUT2D eigenvalue weighted by Crippen LogP contribution is -2.61. The molecule has 1 amide bonds. The van der Waals surface area contributed by atoms with E-state index in [1.165, 1.54) is 0 Å². The number of hydrogen-bond acceptors (Lipinski definition) is 4. The molecule has 2 aromatic rings. The lowest BCUT2D eigenvalue weighted by molar-refractivity contribution is -0.152. The maximum Gasteiger partial charge on any atom is 0.326 e. The molecule has 4 rings (SSSR count). The number of carbonyl (C=O) groups is 2. The number of aromatic nitrogens is 1. The SMILES string of the molecule is O=C(c1ccc2[nH]ccc2c1)N1CCN(C2(C(=O)O)CCOC2)CC1. The minimum absolute atomic E-state index is 0.00482. The number of carbonyl (C=O) groups excluding carboxylic acids is 1. The van der Waals surface area contributed by atoms with Crippen molar-refractivity contribution in [3.63, 3.8) is 0 Å². The highest BCUT2D eigenvalue weighted by atomic mass is 16.5. The molecule has 7 nitrogen and oxygen atoms in total. The van der Waals surface area contributed by atoms with E-state index in [0.29, 0.717) is 44.8 Å². The van der Waals surface area contributed by atoms with Crippen molar-refractivity contribution >= 4 is 22.8 Å². The first-order valence-electron chi connectivity index (χ1n) is 8.53. The molecule has 1 aromatic carbocycles. The number of aromatic amines is 1. The van der Waals surface area contributed by atoms with E-state index in [4.69, 9.17) is 4.74 Å². The van der Waals surface area contributed by atoms with Crippen LogP contribution in [0.1, 0.15) is 16.8 Å². The molecule has 2 aliphatic rings. The number of benzene rings is 1. The number of ether oxygens (including phenoxy) is 1. The Kier molecular flexibility index (Phi) is 3.97. The third kappa shape index (κ3) is 2.69. The summed E-state index contributed by atoms with van der Waals surface area (Å²) >= 11 is 0. The number of H-pyrrole nitrogens is 1. The fourth-order valence-corrected chi connectivity index (χ4v) is 3.81. The van der Waals surface area contributed by atoms with E-state index in [2.05, 4.69) is 4.98 Å². The molecule has 2 aliphatic heterocycles. The van der Waals surface area contributed by atoms with Crippen LogP contribution in [0.3, 0.4) is 0 Å². The number of piperazine rings is 1. The van der Waals surface area contributed by atoms with Crippen LogP contribution in [-0.4, -0.2) is 76.7 Å². The monoisotopic (exact) mass is 343 g/mol. The second kappa shape index (κ2) is 6.16. The molecule has 2 saturated heterocycles. The summed E-state index contributed by atoms with van der Waals surface area (Å²) in [5.41, 5.74) is 0.739. The zero-order valence-corrected chi connectivity index (χ0v) is 13.9. The van der Waals surface area contributed by atoms with Gasteiger partial charge < -0.3 is 19.7 Å². The molecule has 3 heterocycles. The van der Waals surface area contributed by atoms with Crippen LogP contribution in [0.4, 0.5) is 0 Å². The van der Waals surface area contributed by atoms with E-state index in [9.17, 15) is 14.7 Å². The molecule has 0 aliphatic carbocycles. The number of nitrogens with one attached hydrogen (secondary N) is 1. The lowest BCUT2D eigenvalue weighted by Gasteiger charge is -2.42. The van der Waals surface area contributed by atoms with Crippen molar-refractivity contribution in [2.75, 3.05) is 39.4 Å². The van der Waals surface area contributed by atoms with Crippen molar-refractivity contribution in [3.8, 4) is 0 Å². The van der Waals surface area contributed by atoms with Crippen molar-refractivity contribution in [3.05, 3.63) is 36.0 Å². The molecule has 1 aromatic heterocycles. The largest absolute Gasteiger partial charge is 0.480 e. The topological polar surface area (TPSA) is 85.9 Å². The Bertz CT molecular complexity index is 802. The number of nitrogens with zero attached hydrogens (tertiary/aromatic N) is 2. The highest BCUT2D eigenvalue weighted by Gasteiger charge is 2.48. The van der Waals surface area contributed by atoms with E-state index in [0.717, 1.165) is 10.9 Å². The molecule has 0 saturated carbocycles. The summed E-state index contributed by atoms with van der Waals surface area (Å²) in [5.74, 6) is -0.836. The Labute approximate surface area is 145 Å². The van der Waals surface area contributed by atoms with E-state index >= 15 is 0 Å². The third-order valence-electron chi connectivity index (χ3n) is 5.37. The van der Waals surface area contributed by atoms with E-state index in [-0.39, 0.29) is 12.5 Å². The number of hydrogen-bond donors (Lipinski definition) is 2. The molecule has 0 radical (unpaired) electrons. The van der Waals surface area contributed by atoms with Crippen molar-refractivity contribution in [1.29, 1.82) is 0 Å². The Morgan fingerprint density at radius 3 is 2.64 bits per heavy atom. The van der Waals surface area contributed by atoms with Crippen LogP contribution in [0.25, 0.3) is 10.9 Å². The second-order valence-electron chi connectivity index (χ2n) is 6.70. The van der Waals surface area contributed by atoms with Crippen LogP contribution in [-0.2, 0) is 9.53 Å². The number of amides is 1. The number of fused-ring (bicyclic) bond motifs is 1. The first kappa shape index (κ1) is 16.1. The normalized spacial score (nSPS) is 24.7. The summed E-state index contributed by atoms with van der Waals surface area (Å²) in [6.07, 6.45) is 2.35. The van der Waals surface area contributed by atoms with Gasteiger partial charge in [0.05, 0.1) is 6.61 Å². The minimum atomic E-state index is -0.931. The molecular formula is C18H21N3O4. The van der Waals surface area contributed by atoms with Crippen molar-refractivity contribution in [2.24, 2.45) is 0 Å². The maximum absolute atomic E-state index is 12.8. The van der Waals surface area contributed by atoms with Crippen LogP contribution in [0, 0.1) is 0 Å². The molecular weight excluding hydrogens is 322 g/mol. The van der Waals surface area contributed by atoms with Crippen LogP contribution >= 0.6 is 0 Å². The summed E-state index contributed by atoms with van der Waals surface area (Å²) in [4.78, 5) is 31.4. The average molecular weight is 343 g/mol. The van der Waals surface area contributed by atoms with Gasteiger partial charge in [-0.05, 0) is 24.3 Å². The minimum Gasteiger partial charge on any atom is -0.480 e. The van der Waals surface area contributed by atoms with E-state index in [1.54, 1.807) is 4.90 Å². The van der Waals surface area contributed by atoms with Gasteiger partial charge >= 0.3 is 5.97 Å². The van der Waals surface area contributed by atoms with Crippen LogP contribution in [0.5, 0.6) is 0 Å². The predicted molar refractivity (Wildman–Crippen MR) is 91.6 cm³/mol. The zero-order valence-electron chi connectivity index (χ0n) is 13.9. The fourth-order valence-electron chi connectivity index (χ4n) is 3.81. The van der Waals surface area contributed by atoms with Crippen LogP contribution in [0.2, 0.25) is 0 Å². The molecule has 0 bridgehead atoms. The Balaban J connectivity index is 1.46. The number of carboxylic acid groups (broad SMARTS) is 1. The Hall–Kier alpha value is -2.38. The average Bonchev–Trinajstić information content (AvgIpc) is 3.30. The van der Waals surface area contributed by atoms with Crippen molar-refractivity contribution in [1.82, 2.24) is 14.8 Å². The van der Waals surface area contributed by atoms with Crippen molar-refractivity contribution in [2.45, 2.75) is 12.0 Å². The summed E-state index contributed by atoms with van der Waals surface area (Å²) in [7, 11) is 0. The summed E-state index contributed by atoms with van der Waals surface area (Å²) < 4.78 is 5.35. The number of carboxylic acids is 1. The first-order chi connectivity index (χ1) is 12.1. The Morgan fingerprint density at radius 2 is 1.96 bits per heavy atom. The Morgan fingerprint density at radius 1 is 1.16 bits per heavy atom. The molecule has 2 N–H and O–H groups in total. The second-order valence-corrected chi connectivity index (χ2v) is 6.70. The van der Waals surface area contributed by atoms with Gasteiger partial charge in [-0.1, -0.05) is 0 Å². The number of aliphatic carboxylic acids is 1. The molecule has 1 unspecified atom stereocenters. The van der Waals surface area contributed by atoms with Crippen LogP contribution in [0.15, 0.2) is 30.5 Å². The van der Waals surface area contributed by atoms with Crippen molar-refractivity contribution < 1.29 is 19.4 Å². The first-order valence-corrected chi connectivity index (χ1v) is 8.53. The standard InChI is InChI=1S/C18H21N3O4/c22-16(14-1-2-15-13(11-14)3-5-19-15)20-6-8-21(9-7-20)18(17(23)24)4-10-25-12-18/h1-3,5,11,19H,4,6-10,12H2,(H,23,24). The highest BCUT2D eigenvalue weighted by Crippen LogP contribution is 2.28. The molecule has 132 valence electrons. The van der Waals surface area contributed by atoms with Crippen LogP contribution < -0.4 is 0 Å². The lowest BCUT2D eigenvalue weighted by atomic mass is 9.95. The molecule has 1 atom stereocenters. The van der Waals surface area contributed by atoms with Gasteiger partial charge in [-0.25, -0.2) is 0 Å². The number of rotatable bonds is 3. The fraction of sp³-hybridized carbons (Fsp3) is 0.444. The zero-order chi connectivity index (χ0) is 17.4. The summed E-state index contributed by atoms with van der Waals surface area (Å²) in [5, 5.41) is 10.7. The molecule has 2 fully saturated rings. The highest BCUT2D eigenvalue weighted by molar-refractivity contribution is 5.98. The third-order valence-corrected chi connectivity index (χ3v) is 5.37. The van der Waals surface area contributed by atoms with E-state index < -0.39 is 11.5 Å². The van der Waals surface area contributed by atoms with E-state index in [1.807, 2.05) is 35.4 Å². The molecule has 7 heteroatoms. The van der Waals surface area contributed by atoms with Gasteiger partial charge in [0.2, 0.25) is 0 Å². The summed E-state index contributed by atoms with van der Waals surface area (Å²) in [6.45, 7) is 2.85. The summed E-state index contributed by atoms with van der Waals surface area (Å²) in [6, 6.07) is 7.58. The van der Waals surface area contributed by atoms with Gasteiger partial charge in [-0.3, -0.25) is 14.5 Å². The smallest absolute Gasteiger partial charge is 0.326 e. The van der Waals surface area contributed by atoms with Gasteiger partial charge in [0, 0.05) is 61.9 Å². The maximum atomic E-state index is 12.8. The van der Waals surface area contributed by atoms with Gasteiger partial charge in [0.1, 0.15) is 5.54 Å². The van der Waals surface area contributed by atoms with Gasteiger partial charge in [-0.2, -0.15) is 0 Å². The van der Waals surface area contributed by atoms with Gasteiger partial charge in [0.25, 0.3) is 5.91 Å². The van der Waals surface area contributed by atoms with Gasteiger partial charge in [-0.15, -0.1) is 0 Å². The quantitative estimate of drug-likeness (QED) is 0.874. The molecule has 0 spiro atoms.